The van der Waals surface area contributed by atoms with E-state index in [1.54, 1.807) is 12.1 Å². The Morgan fingerprint density at radius 1 is 1.12 bits per heavy atom. The highest BCUT2D eigenvalue weighted by Crippen LogP contribution is 2.32. The highest BCUT2D eigenvalue weighted by molar-refractivity contribution is 7.21. The van der Waals surface area contributed by atoms with Crippen LogP contribution in [0.1, 0.15) is 38.9 Å². The number of fused-ring (bicyclic) bond motifs is 1. The van der Waals surface area contributed by atoms with E-state index in [1.807, 2.05) is 24.3 Å². The van der Waals surface area contributed by atoms with Crippen LogP contribution < -0.4 is 5.32 Å². The average molecular weight is 339 g/mol. The van der Waals surface area contributed by atoms with Crippen molar-refractivity contribution in [2.24, 2.45) is 0 Å². The van der Waals surface area contributed by atoms with Gasteiger partial charge in [0, 0.05) is 10.4 Å². The molecule has 1 aromatic heterocycles. The number of aromatic carboxylic acids is 1. The van der Waals surface area contributed by atoms with Crippen LogP contribution in [-0.2, 0) is 6.42 Å². The summed E-state index contributed by atoms with van der Waals surface area (Å²) in [7, 11) is 0. The predicted octanol–water partition coefficient (Wildman–Crippen LogP) is 4.80. The lowest BCUT2D eigenvalue weighted by molar-refractivity contribution is 0.0696. The maximum Gasteiger partial charge on any atom is 0.335 e. The van der Waals surface area contributed by atoms with Crippen LogP contribution in [0.3, 0.4) is 0 Å². The average Bonchev–Trinajstić information content (AvgIpc) is 2.94. The SMILES string of the molecule is CCCc1c(C(=O)Nc2cccc(C(=O)O)c2)sc2ccccc12. The third-order valence-electron chi connectivity index (χ3n) is 3.77. The lowest BCUT2D eigenvalue weighted by Crippen LogP contribution is -2.12. The van der Waals surface area contributed by atoms with Gasteiger partial charge in [0.2, 0.25) is 0 Å². The Bertz CT molecular complexity index is 914. The minimum absolute atomic E-state index is 0.151. The van der Waals surface area contributed by atoms with Crippen LogP contribution in [0, 0.1) is 0 Å². The van der Waals surface area contributed by atoms with Crippen LogP contribution >= 0.6 is 11.3 Å². The Hall–Kier alpha value is -2.66. The van der Waals surface area contributed by atoms with Crippen molar-refractivity contribution in [3.05, 3.63) is 64.5 Å². The molecule has 24 heavy (non-hydrogen) atoms. The molecular weight excluding hydrogens is 322 g/mol. The van der Waals surface area contributed by atoms with Crippen LogP contribution in [0.15, 0.2) is 48.5 Å². The van der Waals surface area contributed by atoms with Gasteiger partial charge in [-0.1, -0.05) is 37.6 Å². The first kappa shape index (κ1) is 16.2. The molecule has 3 rings (SSSR count). The van der Waals surface area contributed by atoms with E-state index in [2.05, 4.69) is 12.2 Å². The third kappa shape index (κ3) is 3.16. The number of carboxylic acid groups (broad SMARTS) is 1. The van der Waals surface area contributed by atoms with Crippen molar-refractivity contribution in [3.8, 4) is 0 Å². The fraction of sp³-hybridized carbons (Fsp3) is 0.158. The fourth-order valence-electron chi connectivity index (χ4n) is 2.70. The van der Waals surface area contributed by atoms with Gasteiger partial charge in [-0.15, -0.1) is 11.3 Å². The van der Waals surface area contributed by atoms with Gasteiger partial charge in [-0.2, -0.15) is 0 Å². The second-order valence-corrected chi connectivity index (χ2v) is 6.55. The molecule has 1 amide bonds. The zero-order valence-electron chi connectivity index (χ0n) is 13.2. The first-order valence-corrected chi connectivity index (χ1v) is 8.57. The number of carboxylic acids is 1. The van der Waals surface area contributed by atoms with Gasteiger partial charge in [-0.25, -0.2) is 4.79 Å². The Morgan fingerprint density at radius 3 is 2.67 bits per heavy atom. The number of amides is 1. The second kappa shape index (κ2) is 6.84. The summed E-state index contributed by atoms with van der Waals surface area (Å²) in [6.07, 6.45) is 1.79. The molecule has 1 heterocycles. The molecule has 4 nitrogen and oxygen atoms in total. The number of hydrogen-bond donors (Lipinski definition) is 2. The molecule has 0 spiro atoms. The quantitative estimate of drug-likeness (QED) is 0.701. The molecule has 0 aliphatic heterocycles. The van der Waals surface area contributed by atoms with Gasteiger partial charge < -0.3 is 10.4 Å². The Labute approximate surface area is 143 Å². The van der Waals surface area contributed by atoms with E-state index >= 15 is 0 Å². The van der Waals surface area contributed by atoms with Crippen molar-refractivity contribution in [2.45, 2.75) is 19.8 Å². The third-order valence-corrected chi connectivity index (χ3v) is 4.98. The van der Waals surface area contributed by atoms with Gasteiger partial charge in [-0.05, 0) is 41.6 Å². The summed E-state index contributed by atoms with van der Waals surface area (Å²) in [5.74, 6) is -1.21. The van der Waals surface area contributed by atoms with E-state index < -0.39 is 5.97 Å². The summed E-state index contributed by atoms with van der Waals surface area (Å²) in [5.41, 5.74) is 1.70. The smallest absolute Gasteiger partial charge is 0.335 e. The summed E-state index contributed by atoms with van der Waals surface area (Å²) < 4.78 is 1.09. The monoisotopic (exact) mass is 339 g/mol. The molecule has 0 bridgehead atoms. The van der Waals surface area contributed by atoms with Crippen molar-refractivity contribution in [1.29, 1.82) is 0 Å². The number of thiophene rings is 1. The maximum absolute atomic E-state index is 12.7. The highest BCUT2D eigenvalue weighted by atomic mass is 32.1. The molecule has 0 radical (unpaired) electrons. The van der Waals surface area contributed by atoms with Crippen molar-refractivity contribution >= 4 is 39.0 Å². The minimum atomic E-state index is -1.01. The van der Waals surface area contributed by atoms with Gasteiger partial charge in [0.25, 0.3) is 5.91 Å². The maximum atomic E-state index is 12.7. The van der Waals surface area contributed by atoms with Crippen LogP contribution in [0.2, 0.25) is 0 Å². The molecule has 3 aromatic rings. The number of rotatable bonds is 5. The summed E-state index contributed by atoms with van der Waals surface area (Å²) in [6, 6.07) is 14.3. The second-order valence-electron chi connectivity index (χ2n) is 5.50. The van der Waals surface area contributed by atoms with Crippen LogP contribution in [0.25, 0.3) is 10.1 Å². The molecule has 0 saturated heterocycles. The number of aryl methyl sites for hydroxylation is 1. The zero-order chi connectivity index (χ0) is 17.1. The highest BCUT2D eigenvalue weighted by Gasteiger charge is 2.18. The Balaban J connectivity index is 1.95. The number of hydrogen-bond acceptors (Lipinski definition) is 3. The van der Waals surface area contributed by atoms with Crippen LogP contribution in [-0.4, -0.2) is 17.0 Å². The molecule has 0 aliphatic carbocycles. The molecule has 0 aliphatic rings. The molecule has 0 saturated carbocycles. The molecule has 122 valence electrons. The first-order chi connectivity index (χ1) is 11.6. The van der Waals surface area contributed by atoms with Gasteiger partial charge in [-0.3, -0.25) is 4.79 Å². The van der Waals surface area contributed by atoms with Crippen molar-refractivity contribution in [2.75, 3.05) is 5.32 Å². The Morgan fingerprint density at radius 2 is 1.92 bits per heavy atom. The van der Waals surface area contributed by atoms with E-state index in [0.29, 0.717) is 10.6 Å². The number of anilines is 1. The molecule has 0 atom stereocenters. The topological polar surface area (TPSA) is 66.4 Å². The molecule has 0 fully saturated rings. The van der Waals surface area contributed by atoms with Gasteiger partial charge in [0.1, 0.15) is 0 Å². The number of nitrogens with one attached hydrogen (secondary N) is 1. The van der Waals surface area contributed by atoms with E-state index in [4.69, 9.17) is 5.11 Å². The molecule has 0 unspecified atom stereocenters. The number of carbonyl (C=O) groups excluding carboxylic acids is 1. The summed E-state index contributed by atoms with van der Waals surface area (Å²) >= 11 is 1.47. The Kier molecular flexibility index (Phi) is 4.62. The first-order valence-electron chi connectivity index (χ1n) is 7.75. The largest absolute Gasteiger partial charge is 0.478 e. The van der Waals surface area contributed by atoms with E-state index in [1.165, 1.54) is 23.5 Å². The van der Waals surface area contributed by atoms with E-state index in [0.717, 1.165) is 28.5 Å². The summed E-state index contributed by atoms with van der Waals surface area (Å²) in [4.78, 5) is 24.5. The van der Waals surface area contributed by atoms with Gasteiger partial charge in [0.05, 0.1) is 10.4 Å². The fourth-order valence-corrected chi connectivity index (χ4v) is 3.84. The molecular formula is C19H17NO3S. The lowest BCUT2D eigenvalue weighted by atomic mass is 10.1. The standard InChI is InChI=1S/C19H17NO3S/c1-2-6-15-14-9-3-4-10-16(14)24-17(15)18(21)20-13-8-5-7-12(11-13)19(22)23/h3-5,7-11H,2,6H2,1H3,(H,20,21)(H,22,23). The van der Waals surface area contributed by atoms with Crippen LogP contribution in [0.4, 0.5) is 5.69 Å². The summed E-state index contributed by atoms with van der Waals surface area (Å²) in [6.45, 7) is 2.09. The van der Waals surface area contributed by atoms with Gasteiger partial charge >= 0.3 is 5.97 Å². The van der Waals surface area contributed by atoms with Crippen LogP contribution in [0.5, 0.6) is 0 Å². The molecule has 2 aromatic carbocycles. The zero-order valence-corrected chi connectivity index (χ0v) is 14.0. The minimum Gasteiger partial charge on any atom is -0.478 e. The van der Waals surface area contributed by atoms with Gasteiger partial charge in [0.15, 0.2) is 0 Å². The van der Waals surface area contributed by atoms with E-state index in [-0.39, 0.29) is 11.5 Å². The lowest BCUT2D eigenvalue weighted by Gasteiger charge is -2.07. The normalized spacial score (nSPS) is 10.7. The number of benzene rings is 2. The van der Waals surface area contributed by atoms with Crippen molar-refractivity contribution < 1.29 is 14.7 Å². The van der Waals surface area contributed by atoms with Crippen molar-refractivity contribution in [3.63, 3.8) is 0 Å². The molecule has 2 N–H and O–H groups in total. The number of carbonyl (C=O) groups is 2. The van der Waals surface area contributed by atoms with Crippen molar-refractivity contribution in [1.82, 2.24) is 0 Å². The predicted molar refractivity (Wildman–Crippen MR) is 97.2 cm³/mol. The molecule has 5 heteroatoms. The van der Waals surface area contributed by atoms with E-state index in [9.17, 15) is 9.59 Å². The summed E-state index contributed by atoms with van der Waals surface area (Å²) in [5, 5.41) is 13.0.